The number of ketones is 1. The minimum Gasteiger partial charge on any atom is -0.415 e. The highest BCUT2D eigenvalue weighted by Gasteiger charge is 2.62. The van der Waals surface area contributed by atoms with Crippen LogP contribution >= 0.6 is 0 Å². The van der Waals surface area contributed by atoms with E-state index in [1.54, 1.807) is 0 Å². The first-order valence-electron chi connectivity index (χ1n) is 12.6. The van der Waals surface area contributed by atoms with Gasteiger partial charge in [-0.2, -0.15) is 0 Å². The fourth-order valence-electron chi connectivity index (χ4n) is 8.12. The summed E-state index contributed by atoms with van der Waals surface area (Å²) < 4.78 is 13.0. The van der Waals surface area contributed by atoms with Crippen LogP contribution in [0, 0.1) is 34.5 Å². The molecule has 4 saturated carbocycles. The smallest absolute Gasteiger partial charge is 0.184 e. The number of hydrogen-bond donors (Lipinski definition) is 0. The molecule has 0 spiro atoms. The predicted molar refractivity (Wildman–Crippen MR) is 129 cm³/mol. The average Bonchev–Trinajstić information content (AvgIpc) is 2.84. The Bertz CT molecular complexity index is 681. The van der Waals surface area contributed by atoms with Crippen molar-refractivity contribution in [1.82, 2.24) is 0 Å². The lowest BCUT2D eigenvalue weighted by Gasteiger charge is -2.60. The molecule has 4 aliphatic rings. The van der Waals surface area contributed by atoms with Crippen LogP contribution in [0.4, 0.5) is 0 Å². The van der Waals surface area contributed by atoms with E-state index in [0.717, 1.165) is 30.6 Å². The van der Waals surface area contributed by atoms with Gasteiger partial charge in [-0.05, 0) is 120 Å². The fourth-order valence-corrected chi connectivity index (χ4v) is 10.4. The molecule has 0 amide bonds. The molecule has 4 aliphatic carbocycles. The molecule has 8 atom stereocenters. The molecule has 0 aromatic rings. The van der Waals surface area contributed by atoms with Crippen molar-refractivity contribution in [2.24, 2.45) is 34.5 Å². The number of Topliss-reactive ketones (excluding diaryl/α,β-unsaturated/α-hetero) is 1. The highest BCUT2D eigenvalue weighted by molar-refractivity contribution is 6.70. The number of carbonyl (C=O) groups is 1. The van der Waals surface area contributed by atoms with Gasteiger partial charge in [-0.3, -0.25) is 4.79 Å². The summed E-state index contributed by atoms with van der Waals surface area (Å²) in [7, 11) is -3.18. The molecular formula is C25H46O3Si2. The molecule has 30 heavy (non-hydrogen) atoms. The van der Waals surface area contributed by atoms with E-state index in [0.29, 0.717) is 23.2 Å². The standard InChI is InChI=1S/C25H46O3Si2/c1-24-13-11-18(27-29(3,4)5)15-17(24)9-10-19-20(24)12-14-25(2)21(19)16-22(23(25)26)28-30(6,7)8/h17-22H,9-16H2,1-8H3/t17?,18?,19-,20+,21+,22?,24+,25+/m1/s1. The lowest BCUT2D eigenvalue weighted by Crippen LogP contribution is -2.54. The van der Waals surface area contributed by atoms with Crippen molar-refractivity contribution in [2.45, 2.75) is 117 Å². The first kappa shape index (κ1) is 23.2. The predicted octanol–water partition coefficient (Wildman–Crippen LogP) is 6.65. The Hall–Kier alpha value is 0.0238. The largest absolute Gasteiger partial charge is 0.415 e. The van der Waals surface area contributed by atoms with E-state index in [1.807, 2.05) is 0 Å². The van der Waals surface area contributed by atoms with Gasteiger partial charge in [0.2, 0.25) is 0 Å². The van der Waals surface area contributed by atoms with E-state index >= 15 is 0 Å². The van der Waals surface area contributed by atoms with Crippen molar-refractivity contribution in [3.8, 4) is 0 Å². The van der Waals surface area contributed by atoms with E-state index in [4.69, 9.17) is 8.85 Å². The second-order valence-electron chi connectivity index (χ2n) is 13.6. The van der Waals surface area contributed by atoms with Crippen molar-refractivity contribution in [3.05, 3.63) is 0 Å². The van der Waals surface area contributed by atoms with Gasteiger partial charge in [0.25, 0.3) is 0 Å². The lowest BCUT2D eigenvalue weighted by atomic mass is 9.45. The van der Waals surface area contributed by atoms with Gasteiger partial charge in [-0.25, -0.2) is 0 Å². The summed E-state index contributed by atoms with van der Waals surface area (Å²) in [6.45, 7) is 18.6. The Kier molecular flexibility index (Phi) is 5.82. The second kappa shape index (κ2) is 7.53. The SMILES string of the molecule is C[C@]12CCC(O[Si](C)(C)C)CC1CC[C@@H]1[C@@H]2CC[C@]2(C)C(=O)C(O[Si](C)(C)C)C[C@@H]12. The molecule has 0 aromatic heterocycles. The van der Waals surface area contributed by atoms with E-state index < -0.39 is 16.6 Å². The molecule has 0 aromatic carbocycles. The fraction of sp³-hybridized carbons (Fsp3) is 0.960. The maximum atomic E-state index is 13.4. The highest BCUT2D eigenvalue weighted by atomic mass is 28.4. The Balaban J connectivity index is 1.51. The zero-order valence-electron chi connectivity index (χ0n) is 20.8. The minimum absolute atomic E-state index is 0.128. The zero-order valence-corrected chi connectivity index (χ0v) is 22.8. The summed E-state index contributed by atoms with van der Waals surface area (Å²) in [6, 6.07) is 0. The maximum Gasteiger partial charge on any atom is 0.184 e. The Morgan fingerprint density at radius 3 is 2.10 bits per heavy atom. The lowest BCUT2D eigenvalue weighted by molar-refractivity contribution is -0.143. The summed E-state index contributed by atoms with van der Waals surface area (Å²) in [5, 5.41) is 0. The molecular weight excluding hydrogens is 404 g/mol. The van der Waals surface area contributed by atoms with Crippen LogP contribution in [-0.2, 0) is 13.6 Å². The molecule has 5 heteroatoms. The molecule has 0 N–H and O–H groups in total. The molecule has 172 valence electrons. The Labute approximate surface area is 187 Å². The van der Waals surface area contributed by atoms with Crippen LogP contribution in [0.25, 0.3) is 0 Å². The first-order chi connectivity index (χ1) is 13.7. The van der Waals surface area contributed by atoms with Crippen molar-refractivity contribution in [3.63, 3.8) is 0 Å². The van der Waals surface area contributed by atoms with Crippen LogP contribution in [0.1, 0.15) is 65.2 Å². The van der Waals surface area contributed by atoms with Gasteiger partial charge in [0, 0.05) is 11.5 Å². The van der Waals surface area contributed by atoms with Crippen LogP contribution in [0.15, 0.2) is 0 Å². The van der Waals surface area contributed by atoms with Crippen molar-refractivity contribution in [2.75, 3.05) is 0 Å². The highest BCUT2D eigenvalue weighted by Crippen LogP contribution is 2.65. The maximum absolute atomic E-state index is 13.4. The van der Waals surface area contributed by atoms with Crippen molar-refractivity contribution in [1.29, 1.82) is 0 Å². The third kappa shape index (κ3) is 4.06. The van der Waals surface area contributed by atoms with Gasteiger partial charge in [0.15, 0.2) is 22.4 Å². The number of rotatable bonds is 4. The van der Waals surface area contributed by atoms with Gasteiger partial charge in [0.1, 0.15) is 6.10 Å². The number of carbonyl (C=O) groups excluding carboxylic acids is 1. The van der Waals surface area contributed by atoms with Crippen LogP contribution in [0.3, 0.4) is 0 Å². The molecule has 4 fully saturated rings. The van der Waals surface area contributed by atoms with Gasteiger partial charge in [-0.15, -0.1) is 0 Å². The summed E-state index contributed by atoms with van der Waals surface area (Å²) in [6.07, 6.45) is 10.2. The monoisotopic (exact) mass is 450 g/mol. The third-order valence-corrected chi connectivity index (χ3v) is 11.4. The Morgan fingerprint density at radius 1 is 0.800 bits per heavy atom. The molecule has 0 saturated heterocycles. The molecule has 3 unspecified atom stereocenters. The molecule has 0 bridgehead atoms. The van der Waals surface area contributed by atoms with Gasteiger partial charge in [-0.1, -0.05) is 13.8 Å². The minimum atomic E-state index is -1.71. The zero-order chi connectivity index (χ0) is 22.1. The van der Waals surface area contributed by atoms with Gasteiger partial charge in [0.05, 0.1) is 0 Å². The topological polar surface area (TPSA) is 35.5 Å². The average molecular weight is 451 g/mol. The summed E-state index contributed by atoms with van der Waals surface area (Å²) in [5.74, 6) is 3.30. The van der Waals surface area contributed by atoms with E-state index in [-0.39, 0.29) is 11.5 Å². The third-order valence-electron chi connectivity index (χ3n) is 9.35. The summed E-state index contributed by atoms with van der Waals surface area (Å²) in [4.78, 5) is 13.4. The van der Waals surface area contributed by atoms with E-state index in [2.05, 4.69) is 53.1 Å². The molecule has 4 rings (SSSR count). The van der Waals surface area contributed by atoms with Crippen LogP contribution in [-0.4, -0.2) is 34.6 Å². The molecule has 3 nitrogen and oxygen atoms in total. The van der Waals surface area contributed by atoms with Crippen molar-refractivity contribution < 1.29 is 13.6 Å². The number of hydrogen-bond acceptors (Lipinski definition) is 3. The van der Waals surface area contributed by atoms with Crippen molar-refractivity contribution >= 4 is 22.4 Å². The normalized spacial score (nSPS) is 46.9. The Morgan fingerprint density at radius 2 is 1.47 bits per heavy atom. The second-order valence-corrected chi connectivity index (χ2v) is 22.5. The van der Waals surface area contributed by atoms with Gasteiger partial charge < -0.3 is 8.85 Å². The van der Waals surface area contributed by atoms with Crippen LogP contribution < -0.4 is 0 Å². The molecule has 0 heterocycles. The summed E-state index contributed by atoms with van der Waals surface area (Å²) in [5.41, 5.74) is 0.317. The molecule has 0 radical (unpaired) electrons. The number of fused-ring (bicyclic) bond motifs is 5. The van der Waals surface area contributed by atoms with Crippen LogP contribution in [0.5, 0.6) is 0 Å². The quantitative estimate of drug-likeness (QED) is 0.450. The van der Waals surface area contributed by atoms with Gasteiger partial charge >= 0.3 is 0 Å². The van der Waals surface area contributed by atoms with Crippen LogP contribution in [0.2, 0.25) is 39.3 Å². The summed E-state index contributed by atoms with van der Waals surface area (Å²) >= 11 is 0. The molecule has 0 aliphatic heterocycles. The van der Waals surface area contributed by atoms with E-state index in [1.165, 1.54) is 38.5 Å². The first-order valence-corrected chi connectivity index (χ1v) is 19.4. The van der Waals surface area contributed by atoms with E-state index in [9.17, 15) is 4.79 Å².